The Balaban J connectivity index is 1.38. The largest absolute Gasteiger partial charge is 0.377 e. The number of carbonyl (C=O) groups is 1. The molecule has 3 rings (SSSR count). The lowest BCUT2D eigenvalue weighted by molar-refractivity contribution is -0.0780. The maximum atomic E-state index is 12.8. The zero-order valence-electron chi connectivity index (χ0n) is 18.3. The van der Waals surface area contributed by atoms with Crippen LogP contribution in [0.4, 0.5) is 0 Å². The third kappa shape index (κ3) is 6.99. The van der Waals surface area contributed by atoms with Gasteiger partial charge in [-0.1, -0.05) is 13.8 Å². The summed E-state index contributed by atoms with van der Waals surface area (Å²) in [6, 6.07) is 8.03. The van der Waals surface area contributed by atoms with Crippen LogP contribution in [0.3, 0.4) is 0 Å². The Bertz CT molecular complexity index is 634. The van der Waals surface area contributed by atoms with Crippen LogP contribution in [0.2, 0.25) is 0 Å². The summed E-state index contributed by atoms with van der Waals surface area (Å²) < 4.78 is 11.9. The molecule has 1 aromatic carbocycles. The first-order valence-electron chi connectivity index (χ1n) is 11.0. The topological polar surface area (TPSA) is 42.0 Å². The van der Waals surface area contributed by atoms with E-state index < -0.39 is 0 Å². The number of thioether (sulfide) groups is 1. The number of piperidine rings is 1. The zero-order chi connectivity index (χ0) is 20.8. The Labute approximate surface area is 180 Å². The Morgan fingerprint density at radius 2 is 1.76 bits per heavy atom. The van der Waals surface area contributed by atoms with Gasteiger partial charge >= 0.3 is 0 Å². The van der Waals surface area contributed by atoms with Crippen LogP contribution in [0.1, 0.15) is 50.9 Å². The number of likely N-dealkylation sites (tertiary alicyclic amines) is 1. The lowest BCUT2D eigenvalue weighted by Crippen LogP contribution is -2.47. The highest BCUT2D eigenvalue weighted by molar-refractivity contribution is 7.99. The summed E-state index contributed by atoms with van der Waals surface area (Å²) in [5, 5.41) is 0.547. The lowest BCUT2D eigenvalue weighted by atomic mass is 10.1. The molecule has 1 amide bonds. The number of carbonyl (C=O) groups excluding carboxylic acids is 1. The highest BCUT2D eigenvalue weighted by atomic mass is 32.2. The van der Waals surface area contributed by atoms with Gasteiger partial charge in [-0.25, -0.2) is 0 Å². The van der Waals surface area contributed by atoms with Gasteiger partial charge in [0.1, 0.15) is 0 Å². The van der Waals surface area contributed by atoms with Gasteiger partial charge in [-0.3, -0.25) is 9.69 Å². The SMILES string of the molecule is CC(C)Sc1ccc(C(=O)N2CCC(OCCN3C[C@H](C)O[C@@H](C)C3)CC2)cc1. The number of hydrogen-bond acceptors (Lipinski definition) is 5. The number of morpholine rings is 1. The first-order chi connectivity index (χ1) is 13.9. The average molecular weight is 421 g/mol. The third-order valence-corrected chi connectivity index (χ3v) is 6.47. The molecule has 1 aromatic rings. The molecule has 2 aliphatic heterocycles. The highest BCUT2D eigenvalue weighted by Crippen LogP contribution is 2.24. The summed E-state index contributed by atoms with van der Waals surface area (Å²) in [7, 11) is 0. The maximum Gasteiger partial charge on any atom is 0.253 e. The van der Waals surface area contributed by atoms with Crippen molar-refractivity contribution in [1.82, 2.24) is 9.80 Å². The molecule has 0 bridgehead atoms. The van der Waals surface area contributed by atoms with Crippen molar-refractivity contribution in [2.24, 2.45) is 0 Å². The molecule has 2 saturated heterocycles. The van der Waals surface area contributed by atoms with E-state index >= 15 is 0 Å². The molecule has 2 atom stereocenters. The number of ether oxygens (including phenoxy) is 2. The molecule has 162 valence electrons. The van der Waals surface area contributed by atoms with E-state index in [2.05, 4.69) is 44.7 Å². The minimum atomic E-state index is 0.140. The van der Waals surface area contributed by atoms with Gasteiger partial charge in [0.15, 0.2) is 0 Å². The van der Waals surface area contributed by atoms with Crippen LogP contribution < -0.4 is 0 Å². The predicted molar refractivity (Wildman–Crippen MR) is 119 cm³/mol. The molecular formula is C23H36N2O3S. The van der Waals surface area contributed by atoms with Gasteiger partial charge in [-0.15, -0.1) is 11.8 Å². The summed E-state index contributed by atoms with van der Waals surface area (Å²) in [5.41, 5.74) is 0.785. The second-order valence-electron chi connectivity index (χ2n) is 8.57. The van der Waals surface area contributed by atoms with Gasteiger partial charge in [0.2, 0.25) is 0 Å². The minimum Gasteiger partial charge on any atom is -0.377 e. The molecule has 0 N–H and O–H groups in total. The summed E-state index contributed by atoms with van der Waals surface area (Å²) in [6.07, 6.45) is 2.70. The summed E-state index contributed by atoms with van der Waals surface area (Å²) in [6.45, 7) is 13.8. The zero-order valence-corrected chi connectivity index (χ0v) is 19.1. The van der Waals surface area contributed by atoms with Crippen molar-refractivity contribution >= 4 is 17.7 Å². The fourth-order valence-electron chi connectivity index (χ4n) is 4.17. The van der Waals surface area contributed by atoms with Crippen molar-refractivity contribution in [1.29, 1.82) is 0 Å². The quantitative estimate of drug-likeness (QED) is 0.626. The van der Waals surface area contributed by atoms with Crippen LogP contribution in [0.15, 0.2) is 29.2 Å². The summed E-state index contributed by atoms with van der Waals surface area (Å²) >= 11 is 1.82. The number of rotatable bonds is 7. The Kier molecular flexibility index (Phi) is 8.42. The number of hydrogen-bond donors (Lipinski definition) is 0. The maximum absolute atomic E-state index is 12.8. The second kappa shape index (κ2) is 10.8. The van der Waals surface area contributed by atoms with E-state index in [0.29, 0.717) is 17.5 Å². The first kappa shape index (κ1) is 22.6. The fourth-order valence-corrected chi connectivity index (χ4v) is 5.01. The molecule has 29 heavy (non-hydrogen) atoms. The van der Waals surface area contributed by atoms with Crippen LogP contribution in [-0.4, -0.2) is 78.6 Å². The van der Waals surface area contributed by atoms with Gasteiger partial charge in [0.25, 0.3) is 5.91 Å². The van der Waals surface area contributed by atoms with Crippen molar-refractivity contribution in [3.8, 4) is 0 Å². The number of amides is 1. The van der Waals surface area contributed by atoms with Crippen LogP contribution in [0, 0.1) is 0 Å². The lowest BCUT2D eigenvalue weighted by Gasteiger charge is -2.36. The molecule has 0 radical (unpaired) electrons. The Hall–Kier alpha value is -1.08. The molecular weight excluding hydrogens is 384 g/mol. The molecule has 0 unspecified atom stereocenters. The molecule has 5 nitrogen and oxygen atoms in total. The first-order valence-corrected chi connectivity index (χ1v) is 11.8. The van der Waals surface area contributed by atoms with E-state index in [0.717, 1.165) is 57.7 Å². The highest BCUT2D eigenvalue weighted by Gasteiger charge is 2.25. The van der Waals surface area contributed by atoms with E-state index in [4.69, 9.17) is 9.47 Å². The van der Waals surface area contributed by atoms with Gasteiger partial charge in [0, 0.05) is 48.4 Å². The molecule has 6 heteroatoms. The van der Waals surface area contributed by atoms with Crippen molar-refractivity contribution in [2.75, 3.05) is 39.3 Å². The molecule has 0 saturated carbocycles. The van der Waals surface area contributed by atoms with Crippen LogP contribution in [-0.2, 0) is 9.47 Å². The van der Waals surface area contributed by atoms with Crippen molar-refractivity contribution in [3.63, 3.8) is 0 Å². The van der Waals surface area contributed by atoms with Crippen molar-refractivity contribution < 1.29 is 14.3 Å². The minimum absolute atomic E-state index is 0.140. The van der Waals surface area contributed by atoms with E-state index in [1.54, 1.807) is 0 Å². The second-order valence-corrected chi connectivity index (χ2v) is 10.2. The molecule has 0 spiro atoms. The smallest absolute Gasteiger partial charge is 0.253 e. The number of nitrogens with zero attached hydrogens (tertiary/aromatic N) is 2. The fraction of sp³-hybridized carbons (Fsp3) is 0.696. The van der Waals surface area contributed by atoms with Crippen molar-refractivity contribution in [2.45, 2.75) is 69.0 Å². The normalized spacial score (nSPS) is 24.2. The molecule has 2 fully saturated rings. The molecule has 0 aliphatic carbocycles. The summed E-state index contributed by atoms with van der Waals surface area (Å²) in [5.74, 6) is 0.140. The number of benzene rings is 1. The molecule has 2 heterocycles. The Morgan fingerprint density at radius 3 is 2.34 bits per heavy atom. The van der Waals surface area contributed by atoms with E-state index in [9.17, 15) is 4.79 Å². The average Bonchev–Trinajstić information content (AvgIpc) is 2.67. The van der Waals surface area contributed by atoms with Crippen LogP contribution in [0.25, 0.3) is 0 Å². The predicted octanol–water partition coefficient (Wildman–Crippen LogP) is 3.92. The monoisotopic (exact) mass is 420 g/mol. The Morgan fingerprint density at radius 1 is 1.14 bits per heavy atom. The standard InChI is InChI=1S/C23H36N2O3S/c1-17(2)29-22-7-5-20(6-8-22)23(26)25-11-9-21(10-12-25)27-14-13-24-15-18(3)28-19(4)16-24/h5-8,17-19,21H,9-16H2,1-4H3/t18-,19-/m0/s1. The van der Waals surface area contributed by atoms with Gasteiger partial charge < -0.3 is 14.4 Å². The van der Waals surface area contributed by atoms with Crippen LogP contribution >= 0.6 is 11.8 Å². The van der Waals surface area contributed by atoms with Crippen molar-refractivity contribution in [3.05, 3.63) is 29.8 Å². The molecule has 2 aliphatic rings. The van der Waals surface area contributed by atoms with Crippen LogP contribution in [0.5, 0.6) is 0 Å². The molecule has 0 aromatic heterocycles. The van der Waals surface area contributed by atoms with E-state index in [-0.39, 0.29) is 12.0 Å². The van der Waals surface area contributed by atoms with Gasteiger partial charge in [-0.2, -0.15) is 0 Å². The van der Waals surface area contributed by atoms with Gasteiger partial charge in [-0.05, 0) is 51.0 Å². The van der Waals surface area contributed by atoms with E-state index in [1.165, 1.54) is 4.90 Å². The van der Waals surface area contributed by atoms with E-state index in [1.807, 2.05) is 28.8 Å². The summed E-state index contributed by atoms with van der Waals surface area (Å²) in [4.78, 5) is 18.4. The van der Waals surface area contributed by atoms with Gasteiger partial charge in [0.05, 0.1) is 24.9 Å². The third-order valence-electron chi connectivity index (χ3n) is 5.46.